The predicted octanol–water partition coefficient (Wildman–Crippen LogP) is 4.57. The number of anilines is 1. The molecule has 2 aromatic carbocycles. The van der Waals surface area contributed by atoms with Crippen LogP contribution in [0.15, 0.2) is 77.3 Å². The molecule has 4 rings (SSSR count). The summed E-state index contributed by atoms with van der Waals surface area (Å²) in [6.45, 7) is 2.57. The van der Waals surface area contributed by atoms with Gasteiger partial charge in [0.1, 0.15) is 12.4 Å². The molecule has 9 heteroatoms. The standard InChI is InChI=1S/C23H20N4O5/c1-16-5-4-6-17(13-16)14-26-12-11-22(25-26)24-23(28)21-10-9-18(32-21)15-31-20-8-3-2-7-19(20)27(29)30/h2-13H,14-15H2,1H3,(H,24,25,28). The highest BCUT2D eigenvalue weighted by molar-refractivity contribution is 6.01. The van der Waals surface area contributed by atoms with E-state index in [4.69, 9.17) is 9.15 Å². The highest BCUT2D eigenvalue weighted by Crippen LogP contribution is 2.27. The first kappa shape index (κ1) is 20.9. The van der Waals surface area contributed by atoms with Crippen molar-refractivity contribution in [2.24, 2.45) is 0 Å². The summed E-state index contributed by atoms with van der Waals surface area (Å²) in [5, 5.41) is 18.1. The number of aromatic nitrogens is 2. The van der Waals surface area contributed by atoms with Gasteiger partial charge in [0, 0.05) is 18.3 Å². The molecule has 0 saturated carbocycles. The van der Waals surface area contributed by atoms with E-state index in [-0.39, 0.29) is 23.8 Å². The number of nitro groups is 1. The average Bonchev–Trinajstić information content (AvgIpc) is 3.42. The number of amides is 1. The van der Waals surface area contributed by atoms with Crippen molar-refractivity contribution in [3.63, 3.8) is 0 Å². The van der Waals surface area contributed by atoms with Crippen LogP contribution in [0.4, 0.5) is 11.5 Å². The minimum absolute atomic E-state index is 0.0523. The summed E-state index contributed by atoms with van der Waals surface area (Å²) in [4.78, 5) is 23.0. The number of ether oxygens (including phenoxy) is 1. The SMILES string of the molecule is Cc1cccc(Cn2ccc(NC(=O)c3ccc(COc4ccccc4[N+](=O)[O-])o3)n2)c1. The summed E-state index contributed by atoms with van der Waals surface area (Å²) in [7, 11) is 0. The van der Waals surface area contributed by atoms with Gasteiger partial charge < -0.3 is 14.5 Å². The van der Waals surface area contributed by atoms with E-state index in [1.165, 1.54) is 23.8 Å². The van der Waals surface area contributed by atoms with E-state index in [2.05, 4.69) is 16.5 Å². The third-order valence-corrected chi connectivity index (χ3v) is 4.63. The highest BCUT2D eigenvalue weighted by atomic mass is 16.6. The van der Waals surface area contributed by atoms with Crippen LogP contribution >= 0.6 is 0 Å². The molecule has 2 heterocycles. The van der Waals surface area contributed by atoms with Gasteiger partial charge in [-0.15, -0.1) is 0 Å². The number of nitrogens with one attached hydrogen (secondary N) is 1. The largest absolute Gasteiger partial charge is 0.479 e. The van der Waals surface area contributed by atoms with Gasteiger partial charge in [0.2, 0.25) is 0 Å². The van der Waals surface area contributed by atoms with Crippen LogP contribution in [0.25, 0.3) is 0 Å². The van der Waals surface area contributed by atoms with E-state index in [1.807, 2.05) is 25.1 Å². The second-order valence-electron chi connectivity index (χ2n) is 7.12. The highest BCUT2D eigenvalue weighted by Gasteiger charge is 2.16. The monoisotopic (exact) mass is 432 g/mol. The van der Waals surface area contributed by atoms with Gasteiger partial charge in [-0.25, -0.2) is 0 Å². The van der Waals surface area contributed by atoms with E-state index in [0.717, 1.165) is 5.56 Å². The van der Waals surface area contributed by atoms with Crippen molar-refractivity contribution in [1.29, 1.82) is 0 Å². The molecule has 0 spiro atoms. The van der Waals surface area contributed by atoms with Crippen LogP contribution in [0, 0.1) is 17.0 Å². The van der Waals surface area contributed by atoms with Gasteiger partial charge in [-0.1, -0.05) is 42.0 Å². The molecule has 9 nitrogen and oxygen atoms in total. The van der Waals surface area contributed by atoms with Crippen molar-refractivity contribution in [2.75, 3.05) is 5.32 Å². The van der Waals surface area contributed by atoms with E-state index in [0.29, 0.717) is 18.1 Å². The van der Waals surface area contributed by atoms with Gasteiger partial charge in [-0.3, -0.25) is 19.6 Å². The maximum absolute atomic E-state index is 12.5. The molecule has 0 aliphatic rings. The number of hydrogen-bond donors (Lipinski definition) is 1. The summed E-state index contributed by atoms with van der Waals surface area (Å²) in [5.41, 5.74) is 2.14. The first-order chi connectivity index (χ1) is 15.5. The second-order valence-corrected chi connectivity index (χ2v) is 7.12. The number of aryl methyl sites for hydroxylation is 1. The van der Waals surface area contributed by atoms with Crippen LogP contribution in [0.1, 0.15) is 27.4 Å². The maximum atomic E-state index is 12.5. The molecule has 0 aliphatic carbocycles. The predicted molar refractivity (Wildman–Crippen MR) is 117 cm³/mol. The Bertz CT molecular complexity index is 1260. The van der Waals surface area contributed by atoms with Crippen molar-refractivity contribution >= 4 is 17.4 Å². The van der Waals surface area contributed by atoms with Crippen LogP contribution in [-0.2, 0) is 13.2 Å². The second kappa shape index (κ2) is 9.17. The lowest BCUT2D eigenvalue weighted by Gasteiger charge is -2.04. The van der Waals surface area contributed by atoms with Crippen molar-refractivity contribution in [2.45, 2.75) is 20.1 Å². The van der Waals surface area contributed by atoms with Crippen LogP contribution in [0.5, 0.6) is 5.75 Å². The Morgan fingerprint density at radius 2 is 2.00 bits per heavy atom. The molecule has 0 fully saturated rings. The van der Waals surface area contributed by atoms with E-state index >= 15 is 0 Å². The molecule has 0 atom stereocenters. The normalized spacial score (nSPS) is 10.7. The van der Waals surface area contributed by atoms with Gasteiger partial charge in [0.05, 0.1) is 11.5 Å². The first-order valence-electron chi connectivity index (χ1n) is 9.83. The molecule has 1 amide bonds. The number of benzene rings is 2. The number of para-hydroxylation sites is 2. The number of hydrogen-bond acceptors (Lipinski definition) is 6. The van der Waals surface area contributed by atoms with Gasteiger partial charge >= 0.3 is 5.69 Å². The van der Waals surface area contributed by atoms with Crippen LogP contribution < -0.4 is 10.1 Å². The fourth-order valence-electron chi connectivity index (χ4n) is 3.15. The number of carbonyl (C=O) groups excluding carboxylic acids is 1. The molecular formula is C23H20N4O5. The quantitative estimate of drug-likeness (QED) is 0.322. The Morgan fingerprint density at radius 3 is 2.81 bits per heavy atom. The molecule has 2 aromatic heterocycles. The van der Waals surface area contributed by atoms with Crippen LogP contribution in [0.3, 0.4) is 0 Å². The smallest absolute Gasteiger partial charge is 0.310 e. The first-order valence-corrected chi connectivity index (χ1v) is 9.83. The Morgan fingerprint density at radius 1 is 1.16 bits per heavy atom. The minimum atomic E-state index is -0.519. The lowest BCUT2D eigenvalue weighted by molar-refractivity contribution is -0.386. The number of rotatable bonds is 8. The van der Waals surface area contributed by atoms with Crippen molar-refractivity contribution in [3.8, 4) is 5.75 Å². The van der Waals surface area contributed by atoms with Crippen LogP contribution in [0.2, 0.25) is 0 Å². The molecule has 0 aliphatic heterocycles. The van der Waals surface area contributed by atoms with E-state index in [9.17, 15) is 14.9 Å². The molecule has 1 N–H and O–H groups in total. The lowest BCUT2D eigenvalue weighted by Crippen LogP contribution is -2.12. The summed E-state index contributed by atoms with van der Waals surface area (Å²) in [5.74, 6) is 0.510. The summed E-state index contributed by atoms with van der Waals surface area (Å²) < 4.78 is 12.7. The Hall–Kier alpha value is -4.40. The molecule has 0 radical (unpaired) electrons. The lowest BCUT2D eigenvalue weighted by atomic mass is 10.1. The van der Waals surface area contributed by atoms with E-state index < -0.39 is 10.8 Å². The molecule has 4 aromatic rings. The zero-order valence-corrected chi connectivity index (χ0v) is 17.2. The zero-order valence-electron chi connectivity index (χ0n) is 17.2. The molecule has 32 heavy (non-hydrogen) atoms. The molecule has 0 unspecified atom stereocenters. The molecule has 0 bridgehead atoms. The van der Waals surface area contributed by atoms with Crippen molar-refractivity contribution in [3.05, 3.63) is 106 Å². The molecule has 0 saturated heterocycles. The number of furan rings is 1. The third kappa shape index (κ3) is 5.01. The number of carbonyl (C=O) groups is 1. The van der Waals surface area contributed by atoms with Crippen LogP contribution in [-0.4, -0.2) is 20.6 Å². The summed E-state index contributed by atoms with van der Waals surface area (Å²) in [6.07, 6.45) is 1.78. The fraction of sp³-hybridized carbons (Fsp3) is 0.130. The topological polar surface area (TPSA) is 112 Å². The Balaban J connectivity index is 1.35. The summed E-state index contributed by atoms with van der Waals surface area (Å²) in [6, 6.07) is 19.0. The van der Waals surface area contributed by atoms with Gasteiger partial charge in [-0.05, 0) is 30.7 Å². The van der Waals surface area contributed by atoms with Gasteiger partial charge in [0.25, 0.3) is 5.91 Å². The maximum Gasteiger partial charge on any atom is 0.310 e. The summed E-state index contributed by atoms with van der Waals surface area (Å²) >= 11 is 0. The van der Waals surface area contributed by atoms with Gasteiger partial charge in [-0.2, -0.15) is 5.10 Å². The number of nitro benzene ring substituents is 1. The third-order valence-electron chi connectivity index (χ3n) is 4.63. The average molecular weight is 432 g/mol. The Kier molecular flexibility index (Phi) is 5.98. The fourth-order valence-corrected chi connectivity index (χ4v) is 3.15. The minimum Gasteiger partial charge on any atom is -0.479 e. The van der Waals surface area contributed by atoms with Gasteiger partial charge in [0.15, 0.2) is 17.3 Å². The zero-order chi connectivity index (χ0) is 22.5. The van der Waals surface area contributed by atoms with Crippen molar-refractivity contribution < 1.29 is 18.9 Å². The van der Waals surface area contributed by atoms with E-state index in [1.54, 1.807) is 35.1 Å². The number of nitrogens with zero attached hydrogens (tertiary/aromatic N) is 3. The molecule has 162 valence electrons. The molecular weight excluding hydrogens is 412 g/mol. The van der Waals surface area contributed by atoms with Crippen molar-refractivity contribution in [1.82, 2.24) is 9.78 Å². The Labute approximate surface area is 183 Å².